The Hall–Kier alpha value is -5.95. The van der Waals surface area contributed by atoms with Gasteiger partial charge in [-0.15, -0.1) is 0 Å². The molecule has 0 aromatic carbocycles. The number of carbonyl (C=O) groups is 9. The highest BCUT2D eigenvalue weighted by molar-refractivity contribution is 5.88. The Bertz CT molecular complexity index is 3140. The second-order valence-corrected chi connectivity index (χ2v) is 31.0. The van der Waals surface area contributed by atoms with Gasteiger partial charge in [-0.1, -0.05) is 55.4 Å². The third-order valence-electron chi connectivity index (χ3n) is 26.8. The first-order chi connectivity index (χ1) is 42.3. The molecule has 35 atom stereocenters. The minimum absolute atomic E-state index is 0.0220. The van der Waals surface area contributed by atoms with Crippen LogP contribution in [0.25, 0.3) is 0 Å². The van der Waals surface area contributed by atoms with Crippen LogP contribution in [0, 0.1) is 145 Å². The molecule has 35 unspecified atom stereocenters. The number of hydrogen-bond acceptors (Lipinski definition) is 24. The summed E-state index contributed by atoms with van der Waals surface area (Å²) in [5.74, 6) is -0.365. The largest absolute Gasteiger partial charge is 0.469 e. The predicted octanol–water partition coefficient (Wildman–Crippen LogP) is 3.43. The van der Waals surface area contributed by atoms with Gasteiger partial charge < -0.3 is 61.6 Å². The van der Waals surface area contributed by atoms with Crippen LogP contribution in [0.4, 0.5) is 0 Å². The Balaban J connectivity index is 0.0000000877. The summed E-state index contributed by atoms with van der Waals surface area (Å²) in [6, 6.07) is 4.27. The van der Waals surface area contributed by atoms with E-state index in [4.69, 9.17) is 72.1 Å². The molecule has 21 rings (SSSR count). The Kier molecular flexibility index (Phi) is 12.6. The molecule has 0 radical (unpaired) electrons. The van der Waals surface area contributed by atoms with Crippen LogP contribution >= 0.6 is 0 Å². The molecule has 24 heteroatoms. The number of esters is 9. The molecule has 0 aromatic heterocycles. The predicted molar refractivity (Wildman–Crippen MR) is 288 cm³/mol. The summed E-state index contributed by atoms with van der Waals surface area (Å²) in [6.07, 6.45) is 4.87. The highest BCUT2D eigenvalue weighted by atomic mass is 16.7. The molecule has 478 valence electrons. The van der Waals surface area contributed by atoms with Crippen molar-refractivity contribution in [2.45, 2.75) is 204 Å². The molecule has 89 heavy (non-hydrogen) atoms. The van der Waals surface area contributed by atoms with E-state index >= 15 is 0 Å². The van der Waals surface area contributed by atoms with E-state index in [1.54, 1.807) is 0 Å². The van der Waals surface area contributed by atoms with Crippen molar-refractivity contribution in [1.82, 2.24) is 0 Å². The summed E-state index contributed by atoms with van der Waals surface area (Å²) in [5, 5.41) is 18.1. The van der Waals surface area contributed by atoms with E-state index in [9.17, 15) is 43.2 Å². The van der Waals surface area contributed by atoms with Gasteiger partial charge in [0.05, 0.1) is 79.2 Å². The van der Waals surface area contributed by atoms with Crippen LogP contribution in [0.1, 0.15) is 107 Å². The van der Waals surface area contributed by atoms with Crippen molar-refractivity contribution in [2.75, 3.05) is 7.11 Å². The van der Waals surface area contributed by atoms with Gasteiger partial charge in [-0.25, -0.2) is 0 Å². The van der Waals surface area contributed by atoms with Crippen LogP contribution in [0.2, 0.25) is 0 Å². The van der Waals surface area contributed by atoms with Gasteiger partial charge in [-0.2, -0.15) is 10.5 Å². The van der Waals surface area contributed by atoms with Crippen LogP contribution in [0.3, 0.4) is 0 Å². The molecule has 21 aliphatic rings. The number of methoxy groups -OCH3 is 1. The number of rotatable bonds is 3. The zero-order chi connectivity index (χ0) is 62.5. The average molecular weight is 1240 g/mol. The summed E-state index contributed by atoms with van der Waals surface area (Å²) < 4.78 is 70.3. The molecule has 6 saturated carbocycles. The Morgan fingerprint density at radius 2 is 1.13 bits per heavy atom. The van der Waals surface area contributed by atoms with Gasteiger partial charge >= 0.3 is 53.7 Å². The molecule has 15 saturated heterocycles. The number of hydrogen-bond donors (Lipinski definition) is 0. The number of nitrogens with zero attached hydrogens (tertiary/aromatic N) is 2. The lowest BCUT2D eigenvalue weighted by atomic mass is 9.72. The third-order valence-corrected chi connectivity index (χ3v) is 26.8. The zero-order valence-corrected chi connectivity index (χ0v) is 51.1. The van der Waals surface area contributed by atoms with E-state index in [1.807, 2.05) is 13.8 Å². The zero-order valence-electron chi connectivity index (χ0n) is 51.1. The van der Waals surface area contributed by atoms with Crippen LogP contribution in [0.5, 0.6) is 0 Å². The van der Waals surface area contributed by atoms with Crippen LogP contribution < -0.4 is 0 Å². The van der Waals surface area contributed by atoms with Gasteiger partial charge in [0, 0.05) is 46.8 Å². The standard InChI is InChI=1S/C17H18O7.C10H11NO2.C10H12O5.C10H14O2.C9H9NO3.C9H12O3/c1-4-5-2-6-10(17(20)22-11(4)6)9(5)16(19)23-13-8-3-7-12(21-8)14(13)24-15(7)18;1-5-6-2-7-8(5)13-9(12)10(7,3-6)4-11;1-3-6-4(9(11)13-2)5-8(14-6)7(3)15-10(5)12;1-10(2)5-3-6-7(4-5)9(11)12-8(6)10;1-4-5-2-9(3-10)7(12-5)6(4)13-8(9)11;1-9(2)5-3-4-6(11-5)7(9)12-8(4)10/h4-14H,2-3H2,1H3;5-8H,2-3H2,1H3;3-8H,1-2H3;5-8H,3-4H2,1-2H3;4-7H,2H2,1H3;4-7H,3H2,1-2H3. The van der Waals surface area contributed by atoms with E-state index in [-0.39, 0.29) is 209 Å². The SMILES string of the molecule is CC1(C)C2CC3C(=O)OC1C3C2.CC1(C)C2CC3C(=O)OC1C3O2.CC1C2CC3(C#N)C(=O)OC1C3O2.CC1C2CC3C1OC(=O)C3(C#N)C2.CC1C2CC3C1OC(=O)C3C2C(=O)OC1C2CC3C(=O)OC1C3O2.COC(=O)C1C2OC3C(OC(=O)C31)C2C. The van der Waals surface area contributed by atoms with Crippen molar-refractivity contribution < 1.29 is 105 Å². The molecule has 0 spiro atoms. The molecule has 15 heterocycles. The first-order valence-electron chi connectivity index (χ1n) is 32.5. The first-order valence-corrected chi connectivity index (χ1v) is 32.5. The van der Waals surface area contributed by atoms with Gasteiger partial charge in [0.2, 0.25) is 0 Å². The van der Waals surface area contributed by atoms with Crippen molar-refractivity contribution in [2.24, 2.45) is 122 Å². The summed E-state index contributed by atoms with van der Waals surface area (Å²) in [6.45, 7) is 16.9. The highest BCUT2D eigenvalue weighted by Crippen LogP contribution is 2.66. The summed E-state index contributed by atoms with van der Waals surface area (Å²) in [5.41, 5.74) is -1.43. The fraction of sp³-hybridized carbons (Fsp3) is 0.831. The molecule has 0 aromatic rings. The maximum absolute atomic E-state index is 12.9. The Morgan fingerprint density at radius 1 is 0.472 bits per heavy atom. The molecular weight excluding hydrogens is 1160 g/mol. The molecule has 14 bridgehead atoms. The lowest BCUT2D eigenvalue weighted by Gasteiger charge is -2.32. The van der Waals surface area contributed by atoms with E-state index < -0.39 is 40.8 Å². The molecule has 21 fully saturated rings. The third kappa shape index (κ3) is 7.54. The molecule has 24 nitrogen and oxygen atoms in total. The van der Waals surface area contributed by atoms with E-state index in [2.05, 4.69) is 53.7 Å². The summed E-state index contributed by atoms with van der Waals surface area (Å²) in [7, 11) is 1.33. The second kappa shape index (κ2) is 19.3. The highest BCUT2D eigenvalue weighted by Gasteiger charge is 2.75. The van der Waals surface area contributed by atoms with Gasteiger partial charge in [0.15, 0.2) is 23.0 Å². The van der Waals surface area contributed by atoms with Crippen molar-refractivity contribution in [3.63, 3.8) is 0 Å². The van der Waals surface area contributed by atoms with Crippen molar-refractivity contribution in [1.29, 1.82) is 10.5 Å². The number of carbonyl (C=O) groups excluding carboxylic acids is 9. The lowest BCUT2D eigenvalue weighted by Crippen LogP contribution is -2.44. The maximum atomic E-state index is 12.9. The van der Waals surface area contributed by atoms with Gasteiger partial charge in [0.25, 0.3) is 0 Å². The number of ether oxygens (including phenoxy) is 13. The van der Waals surface area contributed by atoms with E-state index in [1.165, 1.54) is 13.5 Å². The van der Waals surface area contributed by atoms with E-state index in [0.717, 1.165) is 38.0 Å². The molecule has 0 N–H and O–H groups in total. The summed E-state index contributed by atoms with van der Waals surface area (Å²) >= 11 is 0. The quantitative estimate of drug-likeness (QED) is 0.288. The Morgan fingerprint density at radius 3 is 1.81 bits per heavy atom. The molecule has 6 aliphatic carbocycles. The topological polar surface area (TPSA) is 321 Å². The minimum atomic E-state index is -0.970. The van der Waals surface area contributed by atoms with Crippen molar-refractivity contribution >= 4 is 53.7 Å². The fourth-order valence-electron chi connectivity index (χ4n) is 21.8. The summed E-state index contributed by atoms with van der Waals surface area (Å²) in [4.78, 5) is 106. The number of nitriles is 2. The lowest BCUT2D eigenvalue weighted by molar-refractivity contribution is -0.168. The average Bonchev–Trinajstić information content (AvgIpc) is 1.62. The van der Waals surface area contributed by atoms with E-state index in [0.29, 0.717) is 30.6 Å². The van der Waals surface area contributed by atoms with Gasteiger partial charge in [-0.05, 0) is 74.5 Å². The smallest absolute Gasteiger partial charge is 0.329 e. The van der Waals surface area contributed by atoms with Gasteiger partial charge in [-0.3, -0.25) is 43.2 Å². The fourth-order valence-corrected chi connectivity index (χ4v) is 21.8. The maximum Gasteiger partial charge on any atom is 0.329 e. The molecular formula is C65H76N2O22. The Labute approximate surface area is 513 Å². The molecule has 0 amide bonds. The van der Waals surface area contributed by atoms with Crippen molar-refractivity contribution in [3.05, 3.63) is 0 Å². The van der Waals surface area contributed by atoms with Crippen LogP contribution in [-0.2, 0) is 105 Å². The van der Waals surface area contributed by atoms with Gasteiger partial charge in [0.1, 0.15) is 67.0 Å². The monoisotopic (exact) mass is 1240 g/mol. The molecule has 15 aliphatic heterocycles. The van der Waals surface area contributed by atoms with Crippen LogP contribution in [-0.4, -0.2) is 158 Å². The first kappa shape index (κ1) is 58.2. The number of fused-ring (bicyclic) bond motifs is 7. The minimum Gasteiger partial charge on any atom is -0.469 e. The van der Waals surface area contributed by atoms with Crippen LogP contribution in [0.15, 0.2) is 0 Å². The van der Waals surface area contributed by atoms with Crippen molar-refractivity contribution in [3.8, 4) is 12.1 Å². The second-order valence-electron chi connectivity index (χ2n) is 31.0. The normalized spacial score (nSPS) is 55.0.